The molecule has 3 aliphatic rings. The Bertz CT molecular complexity index is 2030. The molecule has 0 spiro atoms. The van der Waals surface area contributed by atoms with Crippen LogP contribution in [0.4, 0.5) is 23.2 Å². The number of likely N-dealkylation sites (tertiary alicyclic amines) is 1. The van der Waals surface area contributed by atoms with Crippen LogP contribution in [0.2, 0.25) is 0 Å². The van der Waals surface area contributed by atoms with Crippen molar-refractivity contribution in [1.29, 1.82) is 0 Å². The van der Waals surface area contributed by atoms with Crippen molar-refractivity contribution in [3.8, 4) is 22.6 Å². The number of carbonyl (C=O) groups is 1. The van der Waals surface area contributed by atoms with Crippen LogP contribution in [-0.4, -0.2) is 61.5 Å². The quantitative estimate of drug-likeness (QED) is 0.111. The summed E-state index contributed by atoms with van der Waals surface area (Å²) in [6.07, 6.45) is 2.29. The number of aryl methyl sites for hydroxylation is 1. The number of carboxylic acids is 1. The highest BCUT2D eigenvalue weighted by atomic mass is 19.4. The highest BCUT2D eigenvalue weighted by molar-refractivity contribution is 6.01. The highest BCUT2D eigenvalue weighted by Gasteiger charge is 2.46. The number of hydrogen-bond acceptors (Lipinski definition) is 6. The number of rotatable bonds is 14. The molecular weight excluding hydrogens is 710 g/mol. The number of nitrogens with one attached hydrogen (secondary N) is 2. The van der Waals surface area contributed by atoms with E-state index < -0.39 is 36.0 Å². The number of alkyl halides is 3. The molecule has 292 valence electrons. The third kappa shape index (κ3) is 8.42. The molecule has 2 atom stereocenters. The van der Waals surface area contributed by atoms with Gasteiger partial charge in [-0.15, -0.1) is 0 Å². The van der Waals surface area contributed by atoms with E-state index in [-0.39, 0.29) is 17.7 Å². The van der Waals surface area contributed by atoms with Gasteiger partial charge in [0.1, 0.15) is 29.4 Å². The van der Waals surface area contributed by atoms with Gasteiger partial charge in [0.15, 0.2) is 0 Å². The molecule has 0 unspecified atom stereocenters. The number of fused-ring (bicyclic) bond motifs is 1. The monoisotopic (exact) mass is 759 g/mol. The Morgan fingerprint density at radius 3 is 2.18 bits per heavy atom. The van der Waals surface area contributed by atoms with Crippen molar-refractivity contribution in [3.05, 3.63) is 94.3 Å². The normalized spacial score (nSPS) is 17.3. The molecular formula is C44H49F4N3O4. The fraction of sp³-hybridized carbons (Fsp3) is 0.432. The molecule has 1 saturated heterocycles. The molecule has 11 heteroatoms. The lowest BCUT2D eigenvalue weighted by Gasteiger charge is -2.36. The Balaban J connectivity index is 1.18. The Morgan fingerprint density at radius 2 is 1.60 bits per heavy atom. The van der Waals surface area contributed by atoms with Gasteiger partial charge in [-0.1, -0.05) is 49.2 Å². The van der Waals surface area contributed by atoms with Crippen LogP contribution in [-0.2, 0) is 17.8 Å². The Morgan fingerprint density at radius 1 is 0.927 bits per heavy atom. The third-order valence-electron chi connectivity index (χ3n) is 11.4. The van der Waals surface area contributed by atoms with Crippen molar-refractivity contribution in [2.45, 2.75) is 89.5 Å². The molecule has 2 aliphatic carbocycles. The predicted octanol–water partition coefficient (Wildman–Crippen LogP) is 9.89. The van der Waals surface area contributed by atoms with Gasteiger partial charge in [-0.25, -0.2) is 9.18 Å². The maximum absolute atomic E-state index is 16.0. The first-order valence-electron chi connectivity index (χ1n) is 19.3. The zero-order chi connectivity index (χ0) is 38.9. The number of carboxylic acid groups (broad SMARTS) is 1. The van der Waals surface area contributed by atoms with Gasteiger partial charge >= 0.3 is 12.1 Å². The standard InChI is InChI=1S/C44H49F4N3O4/c1-26-20-31(49-42(44(46,47)48)29-10-7-11-29)24-35(45)39(26)41(28-16-17-28)50-36(43(52)53)23-30-12-8-14-33-32(30)13-9-15-34(33)40-37(54-2)21-27(22-38(40)55-3)25-51-18-5-4-6-19-51/h8-9,12-15,20-22,24,29,36,42,49-50H,4-7,10-11,16-19,23,25H2,1-3H3,(H,52,53)/t36-,42+/m0/s1. The second-order valence-corrected chi connectivity index (χ2v) is 15.3. The Hall–Kier alpha value is -4.77. The topological polar surface area (TPSA) is 83.1 Å². The number of halogens is 4. The van der Waals surface area contributed by atoms with Crippen molar-refractivity contribution in [3.63, 3.8) is 0 Å². The summed E-state index contributed by atoms with van der Waals surface area (Å²) in [6.45, 7) is 4.57. The zero-order valence-corrected chi connectivity index (χ0v) is 31.6. The fourth-order valence-electron chi connectivity index (χ4n) is 8.29. The van der Waals surface area contributed by atoms with Gasteiger partial charge in [0, 0.05) is 29.9 Å². The second-order valence-electron chi connectivity index (χ2n) is 15.3. The largest absolute Gasteiger partial charge is 0.496 e. The van der Waals surface area contributed by atoms with Crippen molar-refractivity contribution in [1.82, 2.24) is 10.2 Å². The van der Waals surface area contributed by atoms with E-state index in [9.17, 15) is 23.1 Å². The molecule has 7 rings (SSSR count). The lowest BCUT2D eigenvalue weighted by atomic mass is 9.79. The molecule has 0 aromatic heterocycles. The first-order valence-corrected chi connectivity index (χ1v) is 19.3. The molecule has 3 N–H and O–H groups in total. The molecule has 3 fully saturated rings. The maximum atomic E-state index is 16.0. The van der Waals surface area contributed by atoms with Gasteiger partial charge in [0.2, 0.25) is 0 Å². The summed E-state index contributed by atoms with van der Waals surface area (Å²) in [5.74, 6) is -0.988. The summed E-state index contributed by atoms with van der Waals surface area (Å²) in [4.78, 5) is 15.3. The molecule has 1 aliphatic heterocycles. The second kappa shape index (κ2) is 16.1. The lowest BCUT2D eigenvalue weighted by molar-refractivity contribution is -0.159. The van der Waals surface area contributed by atoms with Crippen LogP contribution < -0.4 is 20.1 Å². The van der Waals surface area contributed by atoms with Gasteiger partial charge < -0.3 is 25.2 Å². The number of aliphatic carboxylic acids is 1. The average molecular weight is 760 g/mol. The summed E-state index contributed by atoms with van der Waals surface area (Å²) in [7, 11) is 3.30. The van der Waals surface area contributed by atoms with E-state index in [2.05, 4.69) is 27.7 Å². The lowest BCUT2D eigenvalue weighted by Crippen LogP contribution is -2.45. The number of nitrogens with zero attached hydrogens (tertiary/aromatic N) is 1. The van der Waals surface area contributed by atoms with Gasteiger partial charge in [0.05, 0.1) is 19.8 Å². The minimum absolute atomic E-state index is 0.0550. The van der Waals surface area contributed by atoms with Crippen molar-refractivity contribution >= 4 is 28.1 Å². The SMILES string of the molecule is COc1cc(CN2CCCCC2)cc(OC)c1-c1cccc2c(C[C@H](NC(=C3CC3)c3c(C)cc(N[C@H](C4CCC4)C(F)(F)F)cc3F)C(=O)O)cccc12. The number of allylic oxidation sites excluding steroid dienone is 1. The minimum atomic E-state index is -4.47. The number of anilines is 1. The zero-order valence-electron chi connectivity index (χ0n) is 31.6. The van der Waals surface area contributed by atoms with Crippen molar-refractivity contribution in [2.75, 3.05) is 32.6 Å². The van der Waals surface area contributed by atoms with Crippen LogP contribution in [0.15, 0.2) is 66.2 Å². The molecule has 0 radical (unpaired) electrons. The smallest absolute Gasteiger partial charge is 0.408 e. The molecule has 4 aromatic carbocycles. The number of hydrogen-bond donors (Lipinski definition) is 3. The van der Waals surface area contributed by atoms with Crippen LogP contribution in [0.3, 0.4) is 0 Å². The molecule has 0 bridgehead atoms. The summed E-state index contributed by atoms with van der Waals surface area (Å²) in [5, 5.41) is 18.0. The van der Waals surface area contributed by atoms with E-state index in [4.69, 9.17) is 9.47 Å². The Kier molecular flexibility index (Phi) is 11.3. The first-order chi connectivity index (χ1) is 26.4. The van der Waals surface area contributed by atoms with E-state index in [1.807, 2.05) is 36.4 Å². The number of methoxy groups -OCH3 is 2. The van der Waals surface area contributed by atoms with Crippen LogP contribution in [0.1, 0.15) is 73.6 Å². The third-order valence-corrected chi connectivity index (χ3v) is 11.4. The number of benzene rings is 4. The molecule has 1 heterocycles. The maximum Gasteiger partial charge on any atom is 0.408 e. The number of piperidine rings is 1. The van der Waals surface area contributed by atoms with Gasteiger partial charge in [-0.3, -0.25) is 4.90 Å². The average Bonchev–Trinajstić information content (AvgIpc) is 3.98. The van der Waals surface area contributed by atoms with Crippen LogP contribution in [0, 0.1) is 18.7 Å². The van der Waals surface area contributed by atoms with E-state index in [0.717, 1.165) is 70.7 Å². The molecule has 55 heavy (non-hydrogen) atoms. The molecule has 7 nitrogen and oxygen atoms in total. The minimum Gasteiger partial charge on any atom is -0.496 e. The fourth-order valence-corrected chi connectivity index (χ4v) is 8.29. The molecule has 4 aromatic rings. The summed E-state index contributed by atoms with van der Waals surface area (Å²) < 4.78 is 69.7. The van der Waals surface area contributed by atoms with E-state index >= 15 is 4.39 Å². The molecule has 2 saturated carbocycles. The van der Waals surface area contributed by atoms with Gasteiger partial charge in [0.25, 0.3) is 0 Å². The van der Waals surface area contributed by atoms with Gasteiger partial charge in [-0.05, 0) is 127 Å². The summed E-state index contributed by atoms with van der Waals surface area (Å²) >= 11 is 0. The number of ether oxygens (including phenoxy) is 2. The highest BCUT2D eigenvalue weighted by Crippen LogP contribution is 2.44. The van der Waals surface area contributed by atoms with Crippen LogP contribution in [0.5, 0.6) is 11.5 Å². The van der Waals surface area contributed by atoms with Crippen LogP contribution in [0.25, 0.3) is 27.6 Å². The van der Waals surface area contributed by atoms with Crippen molar-refractivity contribution < 1.29 is 36.9 Å². The van der Waals surface area contributed by atoms with Crippen molar-refractivity contribution in [2.24, 2.45) is 5.92 Å². The Labute approximate surface area is 319 Å². The van der Waals surface area contributed by atoms with Gasteiger partial charge in [-0.2, -0.15) is 13.2 Å². The molecule has 0 amide bonds. The predicted molar refractivity (Wildman–Crippen MR) is 208 cm³/mol. The first kappa shape index (κ1) is 38.5. The van der Waals surface area contributed by atoms with E-state index in [1.165, 1.54) is 25.3 Å². The van der Waals surface area contributed by atoms with Crippen LogP contribution >= 0.6 is 0 Å². The summed E-state index contributed by atoms with van der Waals surface area (Å²) in [6, 6.07) is 15.6. The summed E-state index contributed by atoms with van der Waals surface area (Å²) in [5.41, 5.74) is 5.50. The van der Waals surface area contributed by atoms with E-state index in [0.29, 0.717) is 48.4 Å². The van der Waals surface area contributed by atoms with E-state index in [1.54, 1.807) is 21.1 Å².